The lowest BCUT2D eigenvalue weighted by Crippen LogP contribution is -2.41. The number of nitrogens with one attached hydrogen (secondary N) is 1. The average Bonchev–Trinajstić information content (AvgIpc) is 2.49. The second-order valence-corrected chi connectivity index (χ2v) is 6.82. The van der Waals surface area contributed by atoms with Crippen LogP contribution < -0.4 is 5.32 Å². The van der Waals surface area contributed by atoms with Crippen LogP contribution in [-0.2, 0) is 11.3 Å². The minimum atomic E-state index is 0.212. The Hall–Kier alpha value is -1.35. The number of carbonyl (C=O) groups is 1. The largest absolute Gasteiger partial charge is 0.356 e. The van der Waals surface area contributed by atoms with Gasteiger partial charge in [-0.3, -0.25) is 4.79 Å². The third-order valence-corrected chi connectivity index (χ3v) is 3.97. The molecule has 1 rings (SSSR count). The normalized spacial score (nSPS) is 11.4. The molecule has 0 aromatic heterocycles. The summed E-state index contributed by atoms with van der Waals surface area (Å²) in [4.78, 5) is 11.7. The van der Waals surface area contributed by atoms with Crippen LogP contribution in [0, 0.1) is 0 Å². The van der Waals surface area contributed by atoms with Crippen LogP contribution in [0.25, 0.3) is 0 Å². The molecule has 0 atom stereocenters. The summed E-state index contributed by atoms with van der Waals surface area (Å²) in [7, 11) is 4.50. The van der Waals surface area contributed by atoms with E-state index in [-0.39, 0.29) is 5.91 Å². The molecule has 3 heteroatoms. The number of carbonyl (C=O) groups excluding carboxylic acids is 1. The van der Waals surface area contributed by atoms with Gasteiger partial charge >= 0.3 is 0 Å². The monoisotopic (exact) mass is 305 g/mol. The molecule has 1 aromatic carbocycles. The lowest BCUT2D eigenvalue weighted by atomic mass is 10.1. The maximum Gasteiger partial charge on any atom is 0.219 e. The van der Waals surface area contributed by atoms with Gasteiger partial charge in [0.1, 0.15) is 6.54 Å². The van der Waals surface area contributed by atoms with E-state index in [9.17, 15) is 4.79 Å². The summed E-state index contributed by atoms with van der Waals surface area (Å²) >= 11 is 0. The molecule has 0 aliphatic heterocycles. The van der Waals surface area contributed by atoms with Crippen molar-refractivity contribution in [1.29, 1.82) is 0 Å². The molecule has 0 saturated carbocycles. The molecule has 3 nitrogen and oxygen atoms in total. The summed E-state index contributed by atoms with van der Waals surface area (Å²) < 4.78 is 0.955. The van der Waals surface area contributed by atoms with E-state index in [4.69, 9.17) is 0 Å². The number of amides is 1. The van der Waals surface area contributed by atoms with Gasteiger partial charge in [-0.25, -0.2) is 0 Å². The van der Waals surface area contributed by atoms with Crippen molar-refractivity contribution in [2.75, 3.05) is 27.2 Å². The molecule has 0 aliphatic carbocycles. The molecule has 0 bridgehead atoms. The van der Waals surface area contributed by atoms with Crippen molar-refractivity contribution in [3.8, 4) is 0 Å². The summed E-state index contributed by atoms with van der Waals surface area (Å²) in [5.74, 6) is 0.212. The van der Waals surface area contributed by atoms with E-state index in [0.29, 0.717) is 6.42 Å². The standard InChI is InChI=1S/C19H32N2O/c1-4-5-6-10-14-19(22)20-15-11-16-21(2,3)17-18-12-8-7-9-13-18/h7-9,12-13H,4-6,10-11,14-17H2,1-3H3/p+1. The molecule has 0 aliphatic rings. The molecule has 0 heterocycles. The van der Waals surface area contributed by atoms with Gasteiger partial charge in [0.05, 0.1) is 20.6 Å². The quantitative estimate of drug-likeness (QED) is 0.490. The van der Waals surface area contributed by atoms with Crippen molar-refractivity contribution >= 4 is 5.91 Å². The summed E-state index contributed by atoms with van der Waals surface area (Å²) in [6.45, 7) is 5.09. The Morgan fingerprint density at radius 3 is 2.45 bits per heavy atom. The maximum atomic E-state index is 11.7. The number of quaternary nitrogens is 1. The molecule has 0 radical (unpaired) electrons. The zero-order chi connectivity index (χ0) is 16.3. The number of hydrogen-bond donors (Lipinski definition) is 1. The molecule has 22 heavy (non-hydrogen) atoms. The highest BCUT2D eigenvalue weighted by Crippen LogP contribution is 2.09. The Morgan fingerprint density at radius 2 is 1.77 bits per heavy atom. The van der Waals surface area contributed by atoms with Crippen LogP contribution in [0.4, 0.5) is 0 Å². The van der Waals surface area contributed by atoms with Crippen LogP contribution in [0.5, 0.6) is 0 Å². The fourth-order valence-electron chi connectivity index (χ4n) is 2.69. The SMILES string of the molecule is CCCCCCC(=O)NCCC[N+](C)(C)Cc1ccccc1. The second kappa shape index (κ2) is 10.4. The molecule has 1 aromatic rings. The third kappa shape index (κ3) is 8.83. The van der Waals surface area contributed by atoms with Gasteiger partial charge in [-0.1, -0.05) is 56.5 Å². The van der Waals surface area contributed by atoms with Crippen molar-refractivity contribution in [3.05, 3.63) is 35.9 Å². The van der Waals surface area contributed by atoms with E-state index in [1.54, 1.807) is 0 Å². The Labute approximate surface area is 136 Å². The lowest BCUT2D eigenvalue weighted by Gasteiger charge is -2.30. The minimum absolute atomic E-state index is 0.212. The number of benzene rings is 1. The molecule has 0 spiro atoms. The van der Waals surface area contributed by atoms with Crippen molar-refractivity contribution in [3.63, 3.8) is 0 Å². The molecule has 0 saturated heterocycles. The van der Waals surface area contributed by atoms with E-state index in [2.05, 4.69) is 56.7 Å². The first-order valence-corrected chi connectivity index (χ1v) is 8.66. The highest BCUT2D eigenvalue weighted by molar-refractivity contribution is 5.75. The molecule has 124 valence electrons. The topological polar surface area (TPSA) is 29.1 Å². The Bertz CT molecular complexity index is 415. The van der Waals surface area contributed by atoms with Gasteiger partial charge in [0, 0.05) is 24.9 Å². The van der Waals surface area contributed by atoms with Crippen LogP contribution >= 0.6 is 0 Å². The van der Waals surface area contributed by atoms with E-state index in [1.807, 2.05) is 0 Å². The molecule has 1 N–H and O–H groups in total. The van der Waals surface area contributed by atoms with E-state index < -0.39 is 0 Å². The first-order chi connectivity index (χ1) is 10.5. The van der Waals surface area contributed by atoms with Gasteiger partial charge in [-0.05, 0) is 6.42 Å². The fourth-order valence-corrected chi connectivity index (χ4v) is 2.69. The van der Waals surface area contributed by atoms with Crippen LogP contribution in [0.1, 0.15) is 51.0 Å². The molecule has 1 amide bonds. The Morgan fingerprint density at radius 1 is 1.05 bits per heavy atom. The number of rotatable bonds is 11. The number of nitrogens with zero attached hydrogens (tertiary/aromatic N) is 1. The predicted molar refractivity (Wildman–Crippen MR) is 93.5 cm³/mol. The van der Waals surface area contributed by atoms with Crippen LogP contribution in [0.3, 0.4) is 0 Å². The zero-order valence-electron chi connectivity index (χ0n) is 14.6. The minimum Gasteiger partial charge on any atom is -0.356 e. The summed E-state index contributed by atoms with van der Waals surface area (Å²) in [5.41, 5.74) is 1.37. The molecule has 0 fully saturated rings. The highest BCUT2D eigenvalue weighted by atomic mass is 16.1. The van der Waals surface area contributed by atoms with Crippen molar-refractivity contribution in [1.82, 2.24) is 5.32 Å². The second-order valence-electron chi connectivity index (χ2n) is 6.82. The van der Waals surface area contributed by atoms with E-state index >= 15 is 0 Å². The van der Waals surface area contributed by atoms with Crippen molar-refractivity contribution in [2.45, 2.75) is 52.0 Å². The van der Waals surface area contributed by atoms with Crippen molar-refractivity contribution < 1.29 is 9.28 Å². The highest BCUT2D eigenvalue weighted by Gasteiger charge is 2.15. The van der Waals surface area contributed by atoms with Gasteiger partial charge in [0.25, 0.3) is 0 Å². The van der Waals surface area contributed by atoms with Gasteiger partial charge in [0.15, 0.2) is 0 Å². The van der Waals surface area contributed by atoms with Crippen LogP contribution in [-0.4, -0.2) is 37.6 Å². The zero-order valence-corrected chi connectivity index (χ0v) is 14.6. The molecule has 0 unspecified atom stereocenters. The lowest BCUT2D eigenvalue weighted by molar-refractivity contribution is -0.903. The van der Waals surface area contributed by atoms with Crippen LogP contribution in [0.15, 0.2) is 30.3 Å². The number of unbranched alkanes of at least 4 members (excludes halogenated alkanes) is 3. The average molecular weight is 305 g/mol. The van der Waals surface area contributed by atoms with Gasteiger partial charge in [-0.2, -0.15) is 0 Å². The van der Waals surface area contributed by atoms with Crippen LogP contribution in [0.2, 0.25) is 0 Å². The maximum absolute atomic E-state index is 11.7. The molecular weight excluding hydrogens is 272 g/mol. The smallest absolute Gasteiger partial charge is 0.219 e. The third-order valence-electron chi connectivity index (χ3n) is 3.97. The summed E-state index contributed by atoms with van der Waals surface area (Å²) in [6.07, 6.45) is 6.36. The van der Waals surface area contributed by atoms with Gasteiger partial charge in [-0.15, -0.1) is 0 Å². The first-order valence-electron chi connectivity index (χ1n) is 8.66. The fraction of sp³-hybridized carbons (Fsp3) is 0.632. The van der Waals surface area contributed by atoms with Gasteiger partial charge in [0.2, 0.25) is 5.91 Å². The van der Waals surface area contributed by atoms with E-state index in [1.165, 1.54) is 24.8 Å². The van der Waals surface area contributed by atoms with E-state index in [0.717, 1.165) is 37.0 Å². The summed E-state index contributed by atoms with van der Waals surface area (Å²) in [6, 6.07) is 10.6. The molecular formula is C19H33N2O+. The summed E-state index contributed by atoms with van der Waals surface area (Å²) in [5, 5.41) is 3.05. The Kier molecular flexibility index (Phi) is 8.83. The van der Waals surface area contributed by atoms with Gasteiger partial charge < -0.3 is 9.80 Å². The first kappa shape index (κ1) is 18.7. The van der Waals surface area contributed by atoms with Crippen molar-refractivity contribution in [2.24, 2.45) is 0 Å². The predicted octanol–water partition coefficient (Wildman–Crippen LogP) is 3.74. The number of hydrogen-bond acceptors (Lipinski definition) is 1. The Balaban J connectivity index is 2.13.